The largest absolute Gasteiger partial charge is 0.356 e. The molecule has 2 aromatic heterocycles. The van der Waals surface area contributed by atoms with E-state index in [2.05, 4.69) is 59.6 Å². The number of nitrogens with zero attached hydrogens (tertiary/aromatic N) is 4. The van der Waals surface area contributed by atoms with Crippen molar-refractivity contribution in [1.29, 1.82) is 0 Å². The van der Waals surface area contributed by atoms with Gasteiger partial charge in [-0.3, -0.25) is 0 Å². The molecular weight excluding hydrogens is 316 g/mol. The summed E-state index contributed by atoms with van der Waals surface area (Å²) < 4.78 is 0. The van der Waals surface area contributed by atoms with E-state index < -0.39 is 0 Å². The molecule has 0 spiro atoms. The molecule has 4 nitrogen and oxygen atoms in total. The lowest BCUT2D eigenvalue weighted by atomic mass is 10.1. The van der Waals surface area contributed by atoms with E-state index in [-0.39, 0.29) is 0 Å². The first-order chi connectivity index (χ1) is 11.7. The Morgan fingerprint density at radius 1 is 1.08 bits per heavy atom. The minimum absolute atomic E-state index is 0.773. The first-order valence-electron chi connectivity index (χ1n) is 8.45. The van der Waals surface area contributed by atoms with Crippen LogP contribution in [0.2, 0.25) is 0 Å². The Morgan fingerprint density at radius 3 is 2.54 bits per heavy atom. The van der Waals surface area contributed by atoms with Gasteiger partial charge in [-0.25, -0.2) is 9.97 Å². The molecule has 0 bridgehead atoms. The summed E-state index contributed by atoms with van der Waals surface area (Å²) in [4.78, 5) is 15.5. The van der Waals surface area contributed by atoms with Crippen molar-refractivity contribution < 1.29 is 0 Å². The second kappa shape index (κ2) is 6.49. The first kappa shape index (κ1) is 15.5. The number of hydrogen-bond acceptors (Lipinski definition) is 5. The molecule has 0 aliphatic carbocycles. The quantitative estimate of drug-likeness (QED) is 0.719. The molecule has 0 unspecified atom stereocenters. The standard InChI is InChI=1S/C19H22N4S/c1-22(2)12-16-20-18(23-10-6-7-11-23)17-15(13-24-19(17)21-16)14-8-4-3-5-9-14/h3-5,8-9,13H,6-7,10-12H2,1-2H3. The van der Waals surface area contributed by atoms with Crippen molar-refractivity contribution in [3.8, 4) is 11.1 Å². The molecule has 0 amide bonds. The van der Waals surface area contributed by atoms with Crippen LogP contribution in [0.15, 0.2) is 35.7 Å². The highest BCUT2D eigenvalue weighted by atomic mass is 32.1. The molecule has 0 saturated carbocycles. The number of rotatable bonds is 4. The van der Waals surface area contributed by atoms with Crippen molar-refractivity contribution in [2.75, 3.05) is 32.1 Å². The summed E-state index contributed by atoms with van der Waals surface area (Å²) in [7, 11) is 4.12. The van der Waals surface area contributed by atoms with Crippen LogP contribution in [-0.4, -0.2) is 42.1 Å². The Morgan fingerprint density at radius 2 is 1.83 bits per heavy atom. The number of anilines is 1. The second-order valence-electron chi connectivity index (χ2n) is 6.59. The van der Waals surface area contributed by atoms with Crippen molar-refractivity contribution in [2.24, 2.45) is 0 Å². The lowest BCUT2D eigenvalue weighted by Crippen LogP contribution is -2.21. The summed E-state index contributed by atoms with van der Waals surface area (Å²) in [5, 5.41) is 3.45. The van der Waals surface area contributed by atoms with E-state index in [1.807, 2.05) is 0 Å². The molecule has 1 saturated heterocycles. The third-order valence-corrected chi connectivity index (χ3v) is 5.28. The average Bonchev–Trinajstić information content (AvgIpc) is 3.24. The van der Waals surface area contributed by atoms with Gasteiger partial charge in [0.25, 0.3) is 0 Å². The normalized spacial score (nSPS) is 14.9. The molecule has 124 valence electrons. The van der Waals surface area contributed by atoms with Gasteiger partial charge in [-0.2, -0.15) is 0 Å². The third-order valence-electron chi connectivity index (χ3n) is 4.41. The highest BCUT2D eigenvalue weighted by molar-refractivity contribution is 7.17. The molecule has 0 radical (unpaired) electrons. The zero-order valence-corrected chi connectivity index (χ0v) is 15.0. The van der Waals surface area contributed by atoms with E-state index in [4.69, 9.17) is 9.97 Å². The fourth-order valence-electron chi connectivity index (χ4n) is 3.31. The van der Waals surface area contributed by atoms with Gasteiger partial charge in [-0.15, -0.1) is 11.3 Å². The van der Waals surface area contributed by atoms with E-state index in [1.165, 1.54) is 29.4 Å². The topological polar surface area (TPSA) is 32.3 Å². The van der Waals surface area contributed by atoms with Gasteiger partial charge in [-0.1, -0.05) is 30.3 Å². The minimum Gasteiger partial charge on any atom is -0.356 e. The summed E-state index contributed by atoms with van der Waals surface area (Å²) in [6.45, 7) is 2.96. The van der Waals surface area contributed by atoms with Crippen LogP contribution in [0, 0.1) is 0 Å². The van der Waals surface area contributed by atoms with Gasteiger partial charge in [-0.05, 0) is 32.5 Å². The number of hydrogen-bond donors (Lipinski definition) is 0. The summed E-state index contributed by atoms with van der Waals surface area (Å²) in [5.74, 6) is 2.03. The maximum atomic E-state index is 4.96. The van der Waals surface area contributed by atoms with Crippen LogP contribution in [-0.2, 0) is 6.54 Å². The molecule has 0 atom stereocenters. The molecule has 1 aliphatic rings. The molecule has 3 aromatic rings. The Balaban J connectivity index is 1.90. The van der Waals surface area contributed by atoms with Crippen LogP contribution in [0.5, 0.6) is 0 Å². The Labute approximate surface area is 146 Å². The van der Waals surface area contributed by atoms with Crippen LogP contribution >= 0.6 is 11.3 Å². The molecular formula is C19H22N4S. The fraction of sp³-hybridized carbons (Fsp3) is 0.368. The Kier molecular flexibility index (Phi) is 4.21. The number of aromatic nitrogens is 2. The van der Waals surface area contributed by atoms with E-state index in [0.717, 1.165) is 36.1 Å². The molecule has 0 N–H and O–H groups in total. The van der Waals surface area contributed by atoms with Gasteiger partial charge in [0.1, 0.15) is 16.5 Å². The number of thiophene rings is 1. The maximum absolute atomic E-state index is 4.96. The summed E-state index contributed by atoms with van der Waals surface area (Å²) >= 11 is 1.73. The second-order valence-corrected chi connectivity index (χ2v) is 7.45. The highest BCUT2D eigenvalue weighted by Gasteiger charge is 2.22. The lowest BCUT2D eigenvalue weighted by Gasteiger charge is -2.20. The summed E-state index contributed by atoms with van der Waals surface area (Å²) in [6.07, 6.45) is 2.50. The monoisotopic (exact) mass is 338 g/mol. The van der Waals surface area contributed by atoms with Crippen LogP contribution in [0.4, 0.5) is 5.82 Å². The minimum atomic E-state index is 0.773. The molecule has 3 heterocycles. The molecule has 24 heavy (non-hydrogen) atoms. The lowest BCUT2D eigenvalue weighted by molar-refractivity contribution is 0.391. The van der Waals surface area contributed by atoms with Crippen molar-refractivity contribution in [2.45, 2.75) is 19.4 Å². The SMILES string of the molecule is CN(C)Cc1nc(N2CCCC2)c2c(-c3ccccc3)csc2n1. The zero-order valence-electron chi connectivity index (χ0n) is 14.2. The van der Waals surface area contributed by atoms with Gasteiger partial charge >= 0.3 is 0 Å². The van der Waals surface area contributed by atoms with Gasteiger partial charge in [0, 0.05) is 24.0 Å². The van der Waals surface area contributed by atoms with Crippen LogP contribution < -0.4 is 4.90 Å². The Hall–Kier alpha value is -1.98. The molecule has 4 rings (SSSR count). The summed E-state index contributed by atoms with van der Waals surface area (Å²) in [6, 6.07) is 10.6. The fourth-order valence-corrected chi connectivity index (χ4v) is 4.27. The van der Waals surface area contributed by atoms with Crippen molar-refractivity contribution in [1.82, 2.24) is 14.9 Å². The molecule has 5 heteroatoms. The summed E-state index contributed by atoms with van der Waals surface area (Å²) in [5.41, 5.74) is 2.50. The maximum Gasteiger partial charge on any atom is 0.146 e. The van der Waals surface area contributed by atoms with Crippen LogP contribution in [0.25, 0.3) is 21.3 Å². The van der Waals surface area contributed by atoms with Gasteiger partial charge in [0.2, 0.25) is 0 Å². The van der Waals surface area contributed by atoms with E-state index in [9.17, 15) is 0 Å². The van der Waals surface area contributed by atoms with Gasteiger partial charge < -0.3 is 9.80 Å². The van der Waals surface area contributed by atoms with Crippen molar-refractivity contribution in [3.63, 3.8) is 0 Å². The van der Waals surface area contributed by atoms with Crippen LogP contribution in [0.3, 0.4) is 0 Å². The Bertz CT molecular complexity index is 835. The number of fused-ring (bicyclic) bond motifs is 1. The van der Waals surface area contributed by atoms with E-state index in [1.54, 1.807) is 11.3 Å². The zero-order chi connectivity index (χ0) is 16.5. The van der Waals surface area contributed by atoms with Crippen molar-refractivity contribution >= 4 is 27.4 Å². The predicted molar refractivity (Wildman–Crippen MR) is 102 cm³/mol. The van der Waals surface area contributed by atoms with E-state index >= 15 is 0 Å². The van der Waals surface area contributed by atoms with Crippen molar-refractivity contribution in [3.05, 3.63) is 41.5 Å². The molecule has 1 aromatic carbocycles. The molecule has 1 fully saturated rings. The highest BCUT2D eigenvalue weighted by Crippen LogP contribution is 2.39. The van der Waals surface area contributed by atoms with E-state index in [0.29, 0.717) is 0 Å². The third kappa shape index (κ3) is 2.89. The van der Waals surface area contributed by atoms with Crippen LogP contribution in [0.1, 0.15) is 18.7 Å². The number of benzene rings is 1. The van der Waals surface area contributed by atoms with Gasteiger partial charge in [0.05, 0.1) is 11.9 Å². The average molecular weight is 338 g/mol. The smallest absolute Gasteiger partial charge is 0.146 e. The first-order valence-corrected chi connectivity index (χ1v) is 9.33. The predicted octanol–water partition coefficient (Wildman–Crippen LogP) is 4.02. The molecule has 1 aliphatic heterocycles. The van der Waals surface area contributed by atoms with Gasteiger partial charge in [0.15, 0.2) is 0 Å².